The van der Waals surface area contributed by atoms with Gasteiger partial charge in [0.2, 0.25) is 5.95 Å². The minimum absolute atomic E-state index is 0.152. The number of benzene rings is 1. The van der Waals surface area contributed by atoms with Crippen molar-refractivity contribution in [3.8, 4) is 0 Å². The van der Waals surface area contributed by atoms with Crippen molar-refractivity contribution in [1.82, 2.24) is 9.97 Å². The summed E-state index contributed by atoms with van der Waals surface area (Å²) in [5.41, 5.74) is 0.536. The molecule has 0 aliphatic carbocycles. The van der Waals surface area contributed by atoms with Gasteiger partial charge in [0, 0.05) is 35.2 Å². The van der Waals surface area contributed by atoms with Crippen LogP contribution in [0.4, 0.5) is 10.3 Å². The maximum absolute atomic E-state index is 14.1. The number of carbonyl (C=O) groups excluding carboxylic acids is 1. The van der Waals surface area contributed by atoms with Crippen LogP contribution in [0.3, 0.4) is 0 Å². The SMILES string of the molecule is COCc1c(C(=O)Nc2ncccn2)sc2cccc(F)c12. The van der Waals surface area contributed by atoms with E-state index in [1.54, 1.807) is 18.2 Å². The van der Waals surface area contributed by atoms with Crippen LogP contribution in [0.25, 0.3) is 10.1 Å². The Morgan fingerprint density at radius 2 is 2.09 bits per heavy atom. The molecule has 0 aliphatic rings. The molecule has 0 spiro atoms. The van der Waals surface area contributed by atoms with E-state index in [-0.39, 0.29) is 24.3 Å². The van der Waals surface area contributed by atoms with Crippen LogP contribution >= 0.6 is 11.3 Å². The Kier molecular flexibility index (Phi) is 4.08. The number of fused-ring (bicyclic) bond motifs is 1. The average Bonchev–Trinajstić information content (AvgIpc) is 2.89. The lowest BCUT2D eigenvalue weighted by molar-refractivity contribution is 0.102. The van der Waals surface area contributed by atoms with Gasteiger partial charge in [-0.05, 0) is 18.2 Å². The lowest BCUT2D eigenvalue weighted by Crippen LogP contribution is -2.14. The van der Waals surface area contributed by atoms with Crippen LogP contribution in [-0.4, -0.2) is 23.0 Å². The molecule has 0 atom stereocenters. The van der Waals surface area contributed by atoms with Gasteiger partial charge in [0.1, 0.15) is 5.82 Å². The topological polar surface area (TPSA) is 64.1 Å². The first-order chi connectivity index (χ1) is 10.7. The second kappa shape index (κ2) is 6.17. The summed E-state index contributed by atoms with van der Waals surface area (Å²) in [7, 11) is 1.51. The number of aromatic nitrogens is 2. The van der Waals surface area contributed by atoms with Crippen molar-refractivity contribution in [2.75, 3.05) is 12.4 Å². The number of hydrogen-bond donors (Lipinski definition) is 1. The van der Waals surface area contributed by atoms with Crippen molar-refractivity contribution in [2.24, 2.45) is 0 Å². The highest BCUT2D eigenvalue weighted by atomic mass is 32.1. The number of thiophene rings is 1. The second-order valence-electron chi connectivity index (χ2n) is 4.48. The monoisotopic (exact) mass is 317 g/mol. The van der Waals surface area contributed by atoms with E-state index in [9.17, 15) is 9.18 Å². The first kappa shape index (κ1) is 14.6. The maximum Gasteiger partial charge on any atom is 0.268 e. The smallest absolute Gasteiger partial charge is 0.268 e. The third-order valence-electron chi connectivity index (χ3n) is 3.05. The van der Waals surface area contributed by atoms with Crippen LogP contribution in [0.1, 0.15) is 15.2 Å². The van der Waals surface area contributed by atoms with E-state index in [4.69, 9.17) is 4.74 Å². The quantitative estimate of drug-likeness (QED) is 0.802. The molecule has 7 heteroatoms. The van der Waals surface area contributed by atoms with Crippen molar-refractivity contribution in [2.45, 2.75) is 6.61 Å². The summed E-state index contributed by atoms with van der Waals surface area (Å²) in [6, 6.07) is 6.42. The van der Waals surface area contributed by atoms with E-state index in [0.717, 1.165) is 0 Å². The molecule has 0 saturated heterocycles. The maximum atomic E-state index is 14.1. The second-order valence-corrected chi connectivity index (χ2v) is 5.53. The number of amides is 1. The molecule has 0 saturated carbocycles. The summed E-state index contributed by atoms with van der Waals surface area (Å²) < 4.78 is 19.9. The van der Waals surface area contributed by atoms with Gasteiger partial charge in [-0.25, -0.2) is 14.4 Å². The number of methoxy groups -OCH3 is 1. The number of nitrogens with zero attached hydrogens (tertiary/aromatic N) is 2. The van der Waals surface area contributed by atoms with Gasteiger partial charge in [-0.15, -0.1) is 11.3 Å². The molecule has 5 nitrogen and oxygen atoms in total. The van der Waals surface area contributed by atoms with E-state index in [2.05, 4.69) is 15.3 Å². The molecule has 0 unspecified atom stereocenters. The molecule has 0 fully saturated rings. The number of rotatable bonds is 4. The molecule has 3 aromatic rings. The first-order valence-electron chi connectivity index (χ1n) is 6.48. The van der Waals surface area contributed by atoms with Gasteiger partial charge in [-0.3, -0.25) is 10.1 Å². The number of hydrogen-bond acceptors (Lipinski definition) is 5. The van der Waals surface area contributed by atoms with E-state index in [1.807, 2.05) is 0 Å². The molecule has 1 amide bonds. The van der Waals surface area contributed by atoms with Crippen molar-refractivity contribution in [3.63, 3.8) is 0 Å². The Labute approximate surface area is 129 Å². The van der Waals surface area contributed by atoms with Gasteiger partial charge >= 0.3 is 0 Å². The highest BCUT2D eigenvalue weighted by Gasteiger charge is 2.21. The summed E-state index contributed by atoms with van der Waals surface area (Å²) in [5, 5.41) is 3.03. The summed E-state index contributed by atoms with van der Waals surface area (Å²) in [5.74, 6) is -0.538. The molecule has 1 aromatic carbocycles. The number of ether oxygens (including phenoxy) is 1. The molecular weight excluding hydrogens is 305 g/mol. The number of nitrogens with one attached hydrogen (secondary N) is 1. The zero-order valence-electron chi connectivity index (χ0n) is 11.7. The minimum Gasteiger partial charge on any atom is -0.380 e. The third kappa shape index (κ3) is 2.68. The van der Waals surface area contributed by atoms with Gasteiger partial charge in [0.15, 0.2) is 0 Å². The molecule has 112 valence electrons. The van der Waals surface area contributed by atoms with Crippen LogP contribution in [0.5, 0.6) is 0 Å². The number of carbonyl (C=O) groups is 1. The first-order valence-corrected chi connectivity index (χ1v) is 7.29. The highest BCUT2D eigenvalue weighted by molar-refractivity contribution is 7.21. The normalized spacial score (nSPS) is 10.8. The molecule has 2 aromatic heterocycles. The molecule has 0 aliphatic heterocycles. The lowest BCUT2D eigenvalue weighted by atomic mass is 10.1. The van der Waals surface area contributed by atoms with E-state index >= 15 is 0 Å². The Hall–Kier alpha value is -2.38. The zero-order valence-corrected chi connectivity index (χ0v) is 12.5. The van der Waals surface area contributed by atoms with Crippen LogP contribution in [0.15, 0.2) is 36.7 Å². The fraction of sp³-hybridized carbons (Fsp3) is 0.133. The average molecular weight is 317 g/mol. The van der Waals surface area contributed by atoms with Crippen molar-refractivity contribution >= 4 is 33.3 Å². The zero-order chi connectivity index (χ0) is 15.5. The summed E-state index contributed by atoms with van der Waals surface area (Å²) in [6.07, 6.45) is 3.06. The molecule has 2 heterocycles. The summed E-state index contributed by atoms with van der Waals surface area (Å²) in [6.45, 7) is 0.152. The lowest BCUT2D eigenvalue weighted by Gasteiger charge is -2.04. The fourth-order valence-electron chi connectivity index (χ4n) is 2.15. The number of halogens is 1. The minimum atomic E-state index is -0.376. The molecule has 0 bridgehead atoms. The van der Waals surface area contributed by atoms with Gasteiger partial charge in [0.05, 0.1) is 11.5 Å². The Balaban J connectivity index is 2.04. The van der Waals surface area contributed by atoms with Crippen LogP contribution in [0, 0.1) is 5.82 Å². The third-order valence-corrected chi connectivity index (χ3v) is 4.25. The van der Waals surface area contributed by atoms with Crippen molar-refractivity contribution in [1.29, 1.82) is 0 Å². The van der Waals surface area contributed by atoms with E-state index in [1.165, 1.54) is 36.9 Å². The number of anilines is 1. The summed E-state index contributed by atoms with van der Waals surface area (Å²) in [4.78, 5) is 20.7. The predicted octanol–water partition coefficient (Wildman–Crippen LogP) is 3.23. The van der Waals surface area contributed by atoms with Gasteiger partial charge < -0.3 is 4.74 Å². The van der Waals surface area contributed by atoms with Crippen molar-refractivity contribution in [3.05, 3.63) is 52.9 Å². The summed E-state index contributed by atoms with van der Waals surface area (Å²) >= 11 is 1.22. The van der Waals surface area contributed by atoms with Gasteiger partial charge in [-0.1, -0.05) is 6.07 Å². The predicted molar refractivity (Wildman–Crippen MR) is 82.5 cm³/mol. The Morgan fingerprint density at radius 3 is 2.82 bits per heavy atom. The molecule has 3 rings (SSSR count). The molecule has 0 radical (unpaired) electrons. The molecule has 1 N–H and O–H groups in total. The Morgan fingerprint density at radius 1 is 1.32 bits per heavy atom. The van der Waals surface area contributed by atoms with Crippen LogP contribution in [0.2, 0.25) is 0 Å². The van der Waals surface area contributed by atoms with Crippen molar-refractivity contribution < 1.29 is 13.9 Å². The Bertz CT molecular complexity index is 820. The van der Waals surface area contributed by atoms with Gasteiger partial charge in [0.25, 0.3) is 5.91 Å². The standard InChI is InChI=1S/C15H12FN3O2S/c1-21-8-9-12-10(16)4-2-5-11(12)22-13(9)14(20)19-15-17-6-3-7-18-15/h2-7H,8H2,1H3,(H,17,18,19,20). The fourth-order valence-corrected chi connectivity index (χ4v) is 3.27. The van der Waals surface area contributed by atoms with E-state index < -0.39 is 0 Å². The molecule has 22 heavy (non-hydrogen) atoms. The van der Waals surface area contributed by atoms with E-state index in [0.29, 0.717) is 20.5 Å². The highest BCUT2D eigenvalue weighted by Crippen LogP contribution is 2.34. The largest absolute Gasteiger partial charge is 0.380 e. The van der Waals surface area contributed by atoms with Gasteiger partial charge in [-0.2, -0.15) is 0 Å². The van der Waals surface area contributed by atoms with Crippen LogP contribution < -0.4 is 5.32 Å². The molecular formula is C15H12FN3O2S. The van der Waals surface area contributed by atoms with Crippen LogP contribution in [-0.2, 0) is 11.3 Å².